The Balaban J connectivity index is 2.86. The molecule has 0 bridgehead atoms. The highest BCUT2D eigenvalue weighted by atomic mass is 16.5. The molecule has 2 atom stereocenters. The first-order chi connectivity index (χ1) is 8.28. The molecule has 1 aromatic rings. The lowest BCUT2D eigenvalue weighted by molar-refractivity contribution is 0.0282. The predicted octanol–water partition coefficient (Wildman–Crippen LogP) is 1.61. The topological polar surface area (TPSA) is 65.1 Å². The summed E-state index contributed by atoms with van der Waals surface area (Å²) in [6.45, 7) is 7.88. The minimum atomic E-state index is -0.0542. The van der Waals surface area contributed by atoms with Gasteiger partial charge in [0.2, 0.25) is 0 Å². The zero-order chi connectivity index (χ0) is 12.7. The number of ether oxygens (including phenoxy) is 1. The SMILES string of the molecule is CCCn1ccnc1C(NN)C(CC)OCC. The van der Waals surface area contributed by atoms with Gasteiger partial charge < -0.3 is 9.30 Å². The molecule has 17 heavy (non-hydrogen) atoms. The number of rotatable bonds is 8. The molecule has 0 spiro atoms. The van der Waals surface area contributed by atoms with Crippen molar-refractivity contribution in [2.24, 2.45) is 5.84 Å². The third-order valence-electron chi connectivity index (χ3n) is 2.82. The van der Waals surface area contributed by atoms with E-state index in [9.17, 15) is 0 Å². The summed E-state index contributed by atoms with van der Waals surface area (Å²) in [5, 5.41) is 0. The van der Waals surface area contributed by atoms with Gasteiger partial charge in [-0.2, -0.15) is 0 Å². The fraction of sp³-hybridized carbons (Fsp3) is 0.750. The van der Waals surface area contributed by atoms with Crippen molar-refractivity contribution in [3.63, 3.8) is 0 Å². The van der Waals surface area contributed by atoms with Crippen molar-refractivity contribution < 1.29 is 4.74 Å². The van der Waals surface area contributed by atoms with E-state index in [-0.39, 0.29) is 12.1 Å². The van der Waals surface area contributed by atoms with Crippen LogP contribution < -0.4 is 11.3 Å². The average molecular weight is 240 g/mol. The van der Waals surface area contributed by atoms with Crippen LogP contribution in [0.15, 0.2) is 12.4 Å². The molecule has 0 aliphatic rings. The molecule has 0 radical (unpaired) electrons. The Morgan fingerprint density at radius 1 is 1.47 bits per heavy atom. The molecule has 0 aliphatic heterocycles. The van der Waals surface area contributed by atoms with Gasteiger partial charge in [0, 0.05) is 25.5 Å². The van der Waals surface area contributed by atoms with Crippen LogP contribution in [0, 0.1) is 0 Å². The molecule has 1 heterocycles. The first-order valence-electron chi connectivity index (χ1n) is 6.37. The van der Waals surface area contributed by atoms with E-state index < -0.39 is 0 Å². The van der Waals surface area contributed by atoms with Crippen LogP contribution >= 0.6 is 0 Å². The smallest absolute Gasteiger partial charge is 0.129 e. The molecule has 0 fully saturated rings. The molecule has 0 saturated heterocycles. The lowest BCUT2D eigenvalue weighted by Gasteiger charge is -2.25. The number of hydrogen-bond donors (Lipinski definition) is 2. The van der Waals surface area contributed by atoms with Gasteiger partial charge in [0.15, 0.2) is 0 Å². The second kappa shape index (κ2) is 7.42. The fourth-order valence-electron chi connectivity index (χ4n) is 2.04. The van der Waals surface area contributed by atoms with Gasteiger partial charge in [-0.25, -0.2) is 10.4 Å². The van der Waals surface area contributed by atoms with E-state index in [2.05, 4.69) is 28.8 Å². The van der Waals surface area contributed by atoms with Crippen molar-refractivity contribution in [3.05, 3.63) is 18.2 Å². The summed E-state index contributed by atoms with van der Waals surface area (Å²) in [6, 6.07) is -0.0542. The quantitative estimate of drug-likeness (QED) is 0.535. The van der Waals surface area contributed by atoms with Crippen molar-refractivity contribution in [2.75, 3.05) is 6.61 Å². The molecule has 0 aliphatic carbocycles. The van der Waals surface area contributed by atoms with Gasteiger partial charge in [-0.15, -0.1) is 0 Å². The van der Waals surface area contributed by atoms with Crippen LogP contribution in [0.4, 0.5) is 0 Å². The summed E-state index contributed by atoms with van der Waals surface area (Å²) in [7, 11) is 0. The number of imidazole rings is 1. The molecule has 1 aromatic heterocycles. The highest BCUT2D eigenvalue weighted by Crippen LogP contribution is 2.19. The molecule has 1 rings (SSSR count). The maximum Gasteiger partial charge on any atom is 0.129 e. The third kappa shape index (κ3) is 3.52. The minimum Gasteiger partial charge on any atom is -0.376 e. The Bertz CT molecular complexity index is 313. The van der Waals surface area contributed by atoms with Gasteiger partial charge in [-0.1, -0.05) is 13.8 Å². The van der Waals surface area contributed by atoms with E-state index in [1.54, 1.807) is 0 Å². The van der Waals surface area contributed by atoms with Crippen molar-refractivity contribution in [1.29, 1.82) is 0 Å². The highest BCUT2D eigenvalue weighted by Gasteiger charge is 2.24. The Kier molecular flexibility index (Phi) is 6.18. The second-order valence-corrected chi connectivity index (χ2v) is 4.03. The summed E-state index contributed by atoms with van der Waals surface area (Å²) >= 11 is 0. The maximum absolute atomic E-state index is 5.71. The Morgan fingerprint density at radius 3 is 2.76 bits per heavy atom. The van der Waals surface area contributed by atoms with Crippen molar-refractivity contribution in [1.82, 2.24) is 15.0 Å². The number of hydrazine groups is 1. The van der Waals surface area contributed by atoms with Gasteiger partial charge in [-0.05, 0) is 19.8 Å². The number of aryl methyl sites for hydroxylation is 1. The second-order valence-electron chi connectivity index (χ2n) is 4.03. The standard InChI is InChI=1S/C12H24N4O/c1-4-8-16-9-7-14-12(16)11(15-13)10(5-2)17-6-3/h7,9-11,15H,4-6,8,13H2,1-3H3. The first kappa shape index (κ1) is 14.2. The molecule has 2 unspecified atom stereocenters. The molecule has 5 heteroatoms. The van der Waals surface area contributed by atoms with Crippen molar-refractivity contribution in [2.45, 2.75) is 52.3 Å². The number of hydrogen-bond acceptors (Lipinski definition) is 4. The van der Waals surface area contributed by atoms with Gasteiger partial charge in [-0.3, -0.25) is 5.84 Å². The van der Waals surface area contributed by atoms with Crippen LogP contribution in [0.1, 0.15) is 45.5 Å². The normalized spacial score (nSPS) is 14.8. The number of aromatic nitrogens is 2. The lowest BCUT2D eigenvalue weighted by Crippen LogP contribution is -2.39. The number of nitrogens with two attached hydrogens (primary N) is 1. The summed E-state index contributed by atoms with van der Waals surface area (Å²) < 4.78 is 7.84. The van der Waals surface area contributed by atoms with Gasteiger partial charge >= 0.3 is 0 Å². The van der Waals surface area contributed by atoms with Gasteiger partial charge in [0.05, 0.1) is 6.10 Å². The van der Waals surface area contributed by atoms with E-state index in [0.717, 1.165) is 25.2 Å². The summed E-state index contributed by atoms with van der Waals surface area (Å²) in [5.74, 6) is 6.61. The van der Waals surface area contributed by atoms with Crippen LogP contribution in [0.25, 0.3) is 0 Å². The van der Waals surface area contributed by atoms with Gasteiger partial charge in [0.1, 0.15) is 11.9 Å². The zero-order valence-electron chi connectivity index (χ0n) is 11.0. The Labute approximate surface area is 103 Å². The highest BCUT2D eigenvalue weighted by molar-refractivity contribution is 5.02. The van der Waals surface area contributed by atoms with E-state index >= 15 is 0 Å². The molecule has 0 aromatic carbocycles. The minimum absolute atomic E-state index is 0.0542. The average Bonchev–Trinajstić information content (AvgIpc) is 2.78. The van der Waals surface area contributed by atoms with Crippen LogP contribution in [0.5, 0.6) is 0 Å². The van der Waals surface area contributed by atoms with E-state index in [4.69, 9.17) is 10.6 Å². The molecule has 5 nitrogen and oxygen atoms in total. The molecule has 0 saturated carbocycles. The number of nitrogens with one attached hydrogen (secondary N) is 1. The zero-order valence-corrected chi connectivity index (χ0v) is 11.0. The van der Waals surface area contributed by atoms with Gasteiger partial charge in [0.25, 0.3) is 0 Å². The molecular formula is C12H24N4O. The van der Waals surface area contributed by atoms with Crippen LogP contribution in [-0.4, -0.2) is 22.3 Å². The van der Waals surface area contributed by atoms with E-state index in [1.165, 1.54) is 0 Å². The summed E-state index contributed by atoms with van der Waals surface area (Å²) in [6.07, 6.45) is 5.84. The fourth-order valence-corrected chi connectivity index (χ4v) is 2.04. The lowest BCUT2D eigenvalue weighted by atomic mass is 10.1. The summed E-state index contributed by atoms with van der Waals surface area (Å²) in [5.41, 5.74) is 2.83. The third-order valence-corrected chi connectivity index (χ3v) is 2.82. The molecule has 98 valence electrons. The van der Waals surface area contributed by atoms with Crippen molar-refractivity contribution >= 4 is 0 Å². The molecule has 0 amide bonds. The first-order valence-corrected chi connectivity index (χ1v) is 6.37. The predicted molar refractivity (Wildman–Crippen MR) is 68.3 cm³/mol. The van der Waals surface area contributed by atoms with Crippen molar-refractivity contribution in [3.8, 4) is 0 Å². The van der Waals surface area contributed by atoms with Crippen LogP contribution in [-0.2, 0) is 11.3 Å². The van der Waals surface area contributed by atoms with Crippen LogP contribution in [0.3, 0.4) is 0 Å². The number of nitrogens with zero attached hydrogens (tertiary/aromatic N) is 2. The molecule has 3 N–H and O–H groups in total. The monoisotopic (exact) mass is 240 g/mol. The Morgan fingerprint density at radius 2 is 2.24 bits per heavy atom. The summed E-state index contributed by atoms with van der Waals surface area (Å²) in [4.78, 5) is 4.40. The maximum atomic E-state index is 5.71. The largest absolute Gasteiger partial charge is 0.376 e. The van der Waals surface area contributed by atoms with Crippen LogP contribution in [0.2, 0.25) is 0 Å². The van der Waals surface area contributed by atoms with E-state index in [0.29, 0.717) is 6.61 Å². The molecular weight excluding hydrogens is 216 g/mol. The van der Waals surface area contributed by atoms with E-state index in [1.807, 2.05) is 19.3 Å². The Hall–Kier alpha value is -0.910.